The lowest BCUT2D eigenvalue weighted by Crippen LogP contribution is -2.05. The Kier molecular flexibility index (Phi) is 3.63. The molecule has 2 aromatic rings. The average molecular weight is 291 g/mol. The van der Waals surface area contributed by atoms with Crippen LogP contribution in [0.5, 0.6) is 11.5 Å². The summed E-state index contributed by atoms with van der Waals surface area (Å²) in [7, 11) is 1.63. The fraction of sp³-hybridized carbons (Fsp3) is 0.400. The minimum absolute atomic E-state index is 0.182. The second kappa shape index (κ2) is 5.42. The van der Waals surface area contributed by atoms with Gasteiger partial charge < -0.3 is 14.6 Å². The quantitative estimate of drug-likeness (QED) is 0.941. The summed E-state index contributed by atoms with van der Waals surface area (Å²) in [6.07, 6.45) is 2.66. The molecular formula is C15H17NO3S. The van der Waals surface area contributed by atoms with Crippen molar-refractivity contribution in [2.45, 2.75) is 32.0 Å². The van der Waals surface area contributed by atoms with Crippen LogP contribution in [-0.2, 0) is 12.8 Å². The number of hydrogen-bond acceptors (Lipinski definition) is 5. The van der Waals surface area contributed by atoms with Gasteiger partial charge in [0.2, 0.25) is 0 Å². The molecule has 1 aliphatic heterocycles. The van der Waals surface area contributed by atoms with Gasteiger partial charge in [0.1, 0.15) is 17.6 Å². The zero-order chi connectivity index (χ0) is 14.1. The molecule has 1 aromatic heterocycles. The molecule has 2 atom stereocenters. The molecule has 0 radical (unpaired) electrons. The smallest absolute Gasteiger partial charge is 0.125 e. The summed E-state index contributed by atoms with van der Waals surface area (Å²) < 4.78 is 11.2. The predicted molar refractivity (Wildman–Crippen MR) is 77.6 cm³/mol. The summed E-state index contributed by atoms with van der Waals surface area (Å²) >= 11 is 1.54. The lowest BCUT2D eigenvalue weighted by atomic mass is 10.0. The number of aromatic nitrogens is 1. The van der Waals surface area contributed by atoms with E-state index in [9.17, 15) is 5.11 Å². The summed E-state index contributed by atoms with van der Waals surface area (Å²) in [5.41, 5.74) is 1.90. The molecule has 3 rings (SSSR count). The van der Waals surface area contributed by atoms with Crippen LogP contribution >= 0.6 is 11.3 Å². The highest BCUT2D eigenvalue weighted by Crippen LogP contribution is 2.38. The maximum Gasteiger partial charge on any atom is 0.125 e. The van der Waals surface area contributed by atoms with Crippen molar-refractivity contribution in [3.63, 3.8) is 0 Å². The molecule has 2 heterocycles. The molecule has 5 heteroatoms. The van der Waals surface area contributed by atoms with Crippen molar-refractivity contribution in [3.8, 4) is 11.5 Å². The largest absolute Gasteiger partial charge is 0.496 e. The van der Waals surface area contributed by atoms with Crippen LogP contribution in [0, 0.1) is 0 Å². The Bertz CT molecular complexity index is 597. The lowest BCUT2D eigenvalue weighted by Gasteiger charge is -2.15. The Labute approximate surface area is 122 Å². The van der Waals surface area contributed by atoms with Crippen LogP contribution in [0.15, 0.2) is 23.7 Å². The molecule has 2 unspecified atom stereocenters. The average Bonchev–Trinajstić information content (AvgIpc) is 3.04. The summed E-state index contributed by atoms with van der Waals surface area (Å²) in [5.74, 6) is 1.57. The van der Waals surface area contributed by atoms with Crippen molar-refractivity contribution in [3.05, 3.63) is 39.8 Å². The van der Waals surface area contributed by atoms with Crippen LogP contribution in [0.4, 0.5) is 0 Å². The molecule has 1 aliphatic rings. The maximum atomic E-state index is 10.4. The van der Waals surface area contributed by atoms with Crippen molar-refractivity contribution in [2.75, 3.05) is 7.11 Å². The fourth-order valence-corrected chi connectivity index (χ4v) is 3.18. The summed E-state index contributed by atoms with van der Waals surface area (Å²) in [6.45, 7) is 2.04. The molecule has 1 aromatic carbocycles. The van der Waals surface area contributed by atoms with Gasteiger partial charge in [-0.3, -0.25) is 0 Å². The van der Waals surface area contributed by atoms with E-state index in [2.05, 4.69) is 4.98 Å². The number of nitrogens with zero attached hydrogens (tertiary/aromatic N) is 1. The van der Waals surface area contributed by atoms with Crippen molar-refractivity contribution in [1.29, 1.82) is 0 Å². The molecule has 1 N–H and O–H groups in total. The van der Waals surface area contributed by atoms with Crippen molar-refractivity contribution in [2.24, 2.45) is 0 Å². The zero-order valence-corrected chi connectivity index (χ0v) is 12.3. The normalized spacial score (nSPS) is 18.4. The summed E-state index contributed by atoms with van der Waals surface area (Å²) in [4.78, 5) is 4.21. The molecular weight excluding hydrogens is 274 g/mol. The van der Waals surface area contributed by atoms with Crippen LogP contribution in [0.1, 0.15) is 29.2 Å². The van der Waals surface area contributed by atoms with Crippen LogP contribution in [0.25, 0.3) is 0 Å². The van der Waals surface area contributed by atoms with Gasteiger partial charge >= 0.3 is 0 Å². The molecule has 106 valence electrons. The Morgan fingerprint density at radius 2 is 2.40 bits per heavy atom. The molecule has 0 fully saturated rings. The minimum atomic E-state index is -0.638. The minimum Gasteiger partial charge on any atom is -0.496 e. The first-order valence-corrected chi connectivity index (χ1v) is 7.49. The lowest BCUT2D eigenvalue weighted by molar-refractivity contribution is 0.173. The predicted octanol–water partition coefficient (Wildman–Crippen LogP) is 2.75. The first-order valence-electron chi connectivity index (χ1n) is 6.61. The van der Waals surface area contributed by atoms with Gasteiger partial charge in [-0.25, -0.2) is 4.98 Å². The van der Waals surface area contributed by atoms with Gasteiger partial charge in [0.05, 0.1) is 18.2 Å². The second-order valence-electron chi connectivity index (χ2n) is 4.98. The Balaban J connectivity index is 1.90. The SMILES string of the molecule is COc1cc2c(cc1C(O)Cc1nccs1)OC(C)C2. The molecule has 20 heavy (non-hydrogen) atoms. The number of hydrogen-bond donors (Lipinski definition) is 1. The highest BCUT2D eigenvalue weighted by atomic mass is 32.1. The fourth-order valence-electron chi connectivity index (χ4n) is 2.52. The van der Waals surface area contributed by atoms with Crippen LogP contribution in [-0.4, -0.2) is 23.3 Å². The van der Waals surface area contributed by atoms with Gasteiger partial charge in [-0.2, -0.15) is 0 Å². The van der Waals surface area contributed by atoms with Gasteiger partial charge in [0, 0.05) is 35.5 Å². The number of fused-ring (bicyclic) bond motifs is 1. The second-order valence-corrected chi connectivity index (χ2v) is 5.96. The van der Waals surface area contributed by atoms with E-state index in [1.807, 2.05) is 24.4 Å². The topological polar surface area (TPSA) is 51.6 Å². The molecule has 0 aliphatic carbocycles. The Morgan fingerprint density at radius 1 is 1.55 bits per heavy atom. The maximum absolute atomic E-state index is 10.4. The number of thiazole rings is 1. The first-order chi connectivity index (χ1) is 9.67. The van der Waals surface area contributed by atoms with E-state index in [1.54, 1.807) is 24.6 Å². The van der Waals surface area contributed by atoms with Gasteiger partial charge in [0.25, 0.3) is 0 Å². The van der Waals surface area contributed by atoms with E-state index in [1.165, 1.54) is 0 Å². The number of benzene rings is 1. The molecule has 0 amide bonds. The van der Waals surface area contributed by atoms with E-state index < -0.39 is 6.10 Å². The third-order valence-corrected chi connectivity index (χ3v) is 4.26. The van der Waals surface area contributed by atoms with E-state index in [0.29, 0.717) is 12.2 Å². The molecule has 0 saturated heterocycles. The highest BCUT2D eigenvalue weighted by molar-refractivity contribution is 7.09. The first kappa shape index (κ1) is 13.4. The van der Waals surface area contributed by atoms with Gasteiger partial charge in [0.15, 0.2) is 0 Å². The summed E-state index contributed by atoms with van der Waals surface area (Å²) in [6, 6.07) is 3.87. The summed E-state index contributed by atoms with van der Waals surface area (Å²) in [5, 5.41) is 13.3. The molecule has 0 bridgehead atoms. The molecule has 4 nitrogen and oxygen atoms in total. The Hall–Kier alpha value is -1.59. The highest BCUT2D eigenvalue weighted by Gasteiger charge is 2.24. The van der Waals surface area contributed by atoms with E-state index in [-0.39, 0.29) is 6.10 Å². The zero-order valence-electron chi connectivity index (χ0n) is 11.5. The van der Waals surface area contributed by atoms with E-state index in [0.717, 1.165) is 28.3 Å². The van der Waals surface area contributed by atoms with E-state index >= 15 is 0 Å². The number of aliphatic hydroxyl groups excluding tert-OH is 1. The standard InChI is InChI=1S/C15H17NO3S/c1-9-5-10-6-14(18-2)11(7-13(10)19-9)12(17)8-15-16-3-4-20-15/h3-4,6-7,9,12,17H,5,8H2,1-2H3. The van der Waals surface area contributed by atoms with Crippen molar-refractivity contribution < 1.29 is 14.6 Å². The third-order valence-electron chi connectivity index (χ3n) is 3.46. The number of rotatable bonds is 4. The number of aliphatic hydroxyl groups is 1. The monoisotopic (exact) mass is 291 g/mol. The van der Waals surface area contributed by atoms with Crippen molar-refractivity contribution >= 4 is 11.3 Å². The van der Waals surface area contributed by atoms with Crippen molar-refractivity contribution in [1.82, 2.24) is 4.98 Å². The van der Waals surface area contributed by atoms with E-state index in [4.69, 9.17) is 9.47 Å². The Morgan fingerprint density at radius 3 is 3.10 bits per heavy atom. The number of ether oxygens (including phenoxy) is 2. The number of methoxy groups -OCH3 is 1. The molecule has 0 saturated carbocycles. The van der Waals surface area contributed by atoms with Crippen LogP contribution in [0.3, 0.4) is 0 Å². The van der Waals surface area contributed by atoms with Gasteiger partial charge in [-0.15, -0.1) is 11.3 Å². The molecule has 0 spiro atoms. The van der Waals surface area contributed by atoms with Gasteiger partial charge in [-0.05, 0) is 19.1 Å². The van der Waals surface area contributed by atoms with Crippen LogP contribution in [0.2, 0.25) is 0 Å². The van der Waals surface area contributed by atoms with Gasteiger partial charge in [-0.1, -0.05) is 0 Å². The van der Waals surface area contributed by atoms with Crippen LogP contribution < -0.4 is 9.47 Å². The third kappa shape index (κ3) is 2.51.